The Hall–Kier alpha value is -2.69. The zero-order valence-electron chi connectivity index (χ0n) is 10.3. The molecule has 2 aromatic heterocycles. The second-order valence-electron chi connectivity index (χ2n) is 4.39. The number of H-pyrrole nitrogens is 1. The van der Waals surface area contributed by atoms with Crippen LogP contribution in [-0.4, -0.2) is 15.0 Å². The number of aryl methyl sites for hydroxylation is 1. The lowest BCUT2D eigenvalue weighted by Crippen LogP contribution is -2.09. The summed E-state index contributed by atoms with van der Waals surface area (Å²) in [6, 6.07) is 7.36. The van der Waals surface area contributed by atoms with Crippen molar-refractivity contribution in [3.63, 3.8) is 0 Å². The van der Waals surface area contributed by atoms with Gasteiger partial charge in [0.25, 0.3) is 5.56 Å². The van der Waals surface area contributed by atoms with Gasteiger partial charge in [-0.25, -0.2) is 4.98 Å². The Morgan fingerprint density at radius 2 is 2.00 bits per heavy atom. The second kappa shape index (κ2) is 4.20. The van der Waals surface area contributed by atoms with Crippen molar-refractivity contribution in [3.05, 3.63) is 52.8 Å². The molecule has 0 atom stereocenters. The number of aromatic amines is 1. The highest BCUT2D eigenvalue weighted by Crippen LogP contribution is 2.22. The van der Waals surface area contributed by atoms with Crippen LogP contribution in [-0.2, 0) is 0 Å². The number of rotatable bonds is 1. The van der Waals surface area contributed by atoms with Crippen molar-refractivity contribution in [3.8, 4) is 11.1 Å². The van der Waals surface area contributed by atoms with Crippen LogP contribution in [0, 0.1) is 6.92 Å². The Balaban J connectivity index is 2.25. The molecule has 0 aliphatic carbocycles. The van der Waals surface area contributed by atoms with Crippen molar-refractivity contribution in [2.45, 2.75) is 6.92 Å². The van der Waals surface area contributed by atoms with Crippen LogP contribution in [0.5, 0.6) is 0 Å². The highest BCUT2D eigenvalue weighted by atomic mass is 16.1. The number of aromatic nitrogens is 3. The minimum atomic E-state index is -0.138. The summed E-state index contributed by atoms with van der Waals surface area (Å²) in [6.07, 6.45) is 3.30. The van der Waals surface area contributed by atoms with Gasteiger partial charge in [0.15, 0.2) is 0 Å². The molecule has 0 aliphatic heterocycles. The van der Waals surface area contributed by atoms with Crippen LogP contribution in [0.25, 0.3) is 22.0 Å². The molecule has 1 aromatic carbocycles. The summed E-state index contributed by atoms with van der Waals surface area (Å²) >= 11 is 0. The number of nitrogen functional groups attached to an aromatic ring is 1. The predicted molar refractivity (Wildman–Crippen MR) is 74.7 cm³/mol. The van der Waals surface area contributed by atoms with Crippen molar-refractivity contribution < 1.29 is 0 Å². The number of pyridine rings is 1. The van der Waals surface area contributed by atoms with Crippen LogP contribution < -0.4 is 11.3 Å². The molecule has 19 heavy (non-hydrogen) atoms. The van der Waals surface area contributed by atoms with E-state index in [1.165, 1.54) is 0 Å². The average Bonchev–Trinajstić information content (AvgIpc) is 2.38. The van der Waals surface area contributed by atoms with Gasteiger partial charge in [-0.3, -0.25) is 9.78 Å². The first-order valence-corrected chi connectivity index (χ1v) is 5.85. The maximum absolute atomic E-state index is 11.9. The van der Waals surface area contributed by atoms with Crippen LogP contribution >= 0.6 is 0 Å². The topological polar surface area (TPSA) is 84.7 Å². The zero-order valence-corrected chi connectivity index (χ0v) is 10.3. The first-order valence-electron chi connectivity index (χ1n) is 5.85. The summed E-state index contributed by atoms with van der Waals surface area (Å²) in [5.74, 6) is 0.607. The van der Waals surface area contributed by atoms with Crippen molar-refractivity contribution in [2.24, 2.45) is 0 Å². The van der Waals surface area contributed by atoms with E-state index in [0.29, 0.717) is 22.4 Å². The molecule has 0 fully saturated rings. The minimum Gasteiger partial charge on any atom is -0.397 e. The zero-order chi connectivity index (χ0) is 13.4. The van der Waals surface area contributed by atoms with Crippen LogP contribution in [0.3, 0.4) is 0 Å². The molecule has 0 saturated carbocycles. The number of hydrogen-bond donors (Lipinski definition) is 2. The van der Waals surface area contributed by atoms with E-state index >= 15 is 0 Å². The Bertz CT molecular complexity index is 823. The quantitative estimate of drug-likeness (QED) is 0.692. The van der Waals surface area contributed by atoms with Crippen molar-refractivity contribution in [2.75, 3.05) is 5.73 Å². The van der Waals surface area contributed by atoms with Gasteiger partial charge in [-0.1, -0.05) is 6.07 Å². The number of nitrogens with two attached hydrogens (primary N) is 1. The smallest absolute Gasteiger partial charge is 0.258 e. The molecule has 5 nitrogen and oxygen atoms in total. The summed E-state index contributed by atoms with van der Waals surface area (Å²) < 4.78 is 0. The highest BCUT2D eigenvalue weighted by molar-refractivity contribution is 5.84. The summed E-state index contributed by atoms with van der Waals surface area (Å²) in [5.41, 5.74) is 8.62. The normalized spacial score (nSPS) is 10.8. The second-order valence-corrected chi connectivity index (χ2v) is 4.39. The van der Waals surface area contributed by atoms with E-state index in [1.54, 1.807) is 25.4 Å². The number of fused-ring (bicyclic) bond motifs is 1. The fourth-order valence-electron chi connectivity index (χ4n) is 2.05. The minimum absolute atomic E-state index is 0.138. The third-order valence-corrected chi connectivity index (χ3v) is 2.92. The van der Waals surface area contributed by atoms with Gasteiger partial charge < -0.3 is 10.7 Å². The molecule has 0 spiro atoms. The SMILES string of the molecule is Cc1nc2ccc(-c3cncc(N)c3)cc2c(=O)[nH]1. The maximum atomic E-state index is 11.9. The Morgan fingerprint density at radius 1 is 1.16 bits per heavy atom. The fourth-order valence-corrected chi connectivity index (χ4v) is 2.05. The Kier molecular flexibility index (Phi) is 2.52. The lowest BCUT2D eigenvalue weighted by Gasteiger charge is -2.04. The van der Waals surface area contributed by atoms with Gasteiger partial charge in [-0.15, -0.1) is 0 Å². The largest absolute Gasteiger partial charge is 0.397 e. The van der Waals surface area contributed by atoms with Crippen molar-refractivity contribution in [1.82, 2.24) is 15.0 Å². The van der Waals surface area contributed by atoms with Gasteiger partial charge in [-0.2, -0.15) is 0 Å². The number of benzene rings is 1. The molecule has 0 radical (unpaired) electrons. The van der Waals surface area contributed by atoms with Gasteiger partial charge >= 0.3 is 0 Å². The number of hydrogen-bond acceptors (Lipinski definition) is 4. The highest BCUT2D eigenvalue weighted by Gasteiger charge is 2.05. The van der Waals surface area contributed by atoms with Gasteiger partial charge in [0.1, 0.15) is 5.82 Å². The molecule has 0 bridgehead atoms. The summed E-state index contributed by atoms with van der Waals surface area (Å²) in [6.45, 7) is 1.76. The van der Waals surface area contributed by atoms with Gasteiger partial charge in [0, 0.05) is 18.0 Å². The van der Waals surface area contributed by atoms with Crippen LogP contribution in [0.1, 0.15) is 5.82 Å². The first kappa shape index (κ1) is 11.4. The van der Waals surface area contributed by atoms with E-state index in [-0.39, 0.29) is 5.56 Å². The third kappa shape index (κ3) is 2.06. The Morgan fingerprint density at radius 3 is 2.79 bits per heavy atom. The predicted octanol–water partition coefficient (Wildman–Crippen LogP) is 1.88. The van der Waals surface area contributed by atoms with Crippen LogP contribution in [0.2, 0.25) is 0 Å². The lowest BCUT2D eigenvalue weighted by atomic mass is 10.1. The molecule has 2 heterocycles. The van der Waals surface area contributed by atoms with Crippen LogP contribution in [0.15, 0.2) is 41.5 Å². The van der Waals surface area contributed by atoms with Crippen molar-refractivity contribution in [1.29, 1.82) is 0 Å². The van der Waals surface area contributed by atoms with Gasteiger partial charge in [0.2, 0.25) is 0 Å². The molecule has 3 rings (SSSR count). The number of nitrogens with zero attached hydrogens (tertiary/aromatic N) is 2. The van der Waals surface area contributed by atoms with Crippen molar-refractivity contribution >= 4 is 16.6 Å². The molecule has 3 N–H and O–H groups in total. The molecule has 0 unspecified atom stereocenters. The molecule has 3 aromatic rings. The van der Waals surface area contributed by atoms with E-state index in [1.807, 2.05) is 18.2 Å². The summed E-state index contributed by atoms with van der Waals surface area (Å²) in [7, 11) is 0. The van der Waals surface area contributed by atoms with E-state index in [9.17, 15) is 4.79 Å². The van der Waals surface area contributed by atoms with E-state index in [2.05, 4.69) is 15.0 Å². The third-order valence-electron chi connectivity index (χ3n) is 2.92. The van der Waals surface area contributed by atoms with Gasteiger partial charge in [-0.05, 0) is 30.7 Å². The first-order chi connectivity index (χ1) is 9.13. The standard InChI is InChI=1S/C14H12N4O/c1-8-17-13-3-2-9(5-12(13)14(19)18-8)10-4-11(15)7-16-6-10/h2-7H,15H2,1H3,(H,17,18,19). The average molecular weight is 252 g/mol. The molecule has 94 valence electrons. The molecular formula is C14H12N4O. The van der Waals surface area contributed by atoms with E-state index in [4.69, 9.17) is 5.73 Å². The molecular weight excluding hydrogens is 240 g/mol. The molecule has 5 heteroatoms. The number of anilines is 1. The molecule has 0 aliphatic rings. The van der Waals surface area contributed by atoms with Crippen LogP contribution in [0.4, 0.5) is 5.69 Å². The van der Waals surface area contributed by atoms with Gasteiger partial charge in [0.05, 0.1) is 16.6 Å². The molecule has 0 saturated heterocycles. The van der Waals surface area contributed by atoms with E-state index < -0.39 is 0 Å². The summed E-state index contributed by atoms with van der Waals surface area (Å²) in [4.78, 5) is 23.0. The number of nitrogens with one attached hydrogen (secondary N) is 1. The lowest BCUT2D eigenvalue weighted by molar-refractivity contribution is 1.06. The summed E-state index contributed by atoms with van der Waals surface area (Å²) in [5, 5.41) is 0.561. The Labute approximate surface area is 109 Å². The maximum Gasteiger partial charge on any atom is 0.258 e. The monoisotopic (exact) mass is 252 g/mol. The van der Waals surface area contributed by atoms with E-state index in [0.717, 1.165) is 11.1 Å². The molecule has 0 amide bonds. The fraction of sp³-hybridized carbons (Fsp3) is 0.0714.